The second-order valence-corrected chi connectivity index (χ2v) is 6.79. The fourth-order valence-electron chi connectivity index (χ4n) is 2.77. The number of benzene rings is 1. The SMILES string of the molecule is CC(C)c1[c]c(C(C)C)cc(OCCN2CCCCC2)c1. The molecule has 0 bridgehead atoms. The standard InChI is InChI=1S/C19H30NO/c1-15(2)17-12-18(16(3)4)14-19(13-17)21-11-10-20-8-6-5-7-9-20/h13-16H,5-11H2,1-4H3. The zero-order valence-corrected chi connectivity index (χ0v) is 14.1. The van der Waals surface area contributed by atoms with Crippen molar-refractivity contribution in [2.45, 2.75) is 58.8 Å². The Bertz CT molecular complexity index is 407. The van der Waals surface area contributed by atoms with Crippen molar-refractivity contribution in [2.75, 3.05) is 26.2 Å². The van der Waals surface area contributed by atoms with Crippen molar-refractivity contribution in [1.29, 1.82) is 0 Å². The lowest BCUT2D eigenvalue weighted by molar-refractivity contribution is 0.183. The average Bonchev–Trinajstić information content (AvgIpc) is 2.48. The lowest BCUT2D eigenvalue weighted by Gasteiger charge is -2.26. The number of ether oxygens (including phenoxy) is 1. The summed E-state index contributed by atoms with van der Waals surface area (Å²) in [7, 11) is 0. The summed E-state index contributed by atoms with van der Waals surface area (Å²) < 4.78 is 6.03. The summed E-state index contributed by atoms with van der Waals surface area (Å²) in [6.07, 6.45) is 4.08. The number of hydrogen-bond donors (Lipinski definition) is 0. The second-order valence-electron chi connectivity index (χ2n) is 6.79. The van der Waals surface area contributed by atoms with E-state index in [0.717, 1.165) is 18.9 Å². The first-order valence-corrected chi connectivity index (χ1v) is 8.48. The Hall–Kier alpha value is -1.02. The van der Waals surface area contributed by atoms with E-state index in [1.165, 1.54) is 43.5 Å². The smallest absolute Gasteiger partial charge is 0.119 e. The summed E-state index contributed by atoms with van der Waals surface area (Å²) in [5.41, 5.74) is 2.52. The topological polar surface area (TPSA) is 12.5 Å². The number of piperidine rings is 1. The quantitative estimate of drug-likeness (QED) is 0.758. The van der Waals surface area contributed by atoms with Crippen molar-refractivity contribution in [3.8, 4) is 5.75 Å². The molecule has 1 heterocycles. The summed E-state index contributed by atoms with van der Waals surface area (Å²) in [6.45, 7) is 13.2. The molecule has 2 nitrogen and oxygen atoms in total. The highest BCUT2D eigenvalue weighted by atomic mass is 16.5. The molecule has 0 amide bonds. The fraction of sp³-hybridized carbons (Fsp3) is 0.684. The monoisotopic (exact) mass is 288 g/mol. The molecule has 0 aliphatic carbocycles. The van der Waals surface area contributed by atoms with Crippen LogP contribution < -0.4 is 4.74 Å². The summed E-state index contributed by atoms with van der Waals surface area (Å²) in [5, 5.41) is 0. The van der Waals surface area contributed by atoms with E-state index in [9.17, 15) is 0 Å². The van der Waals surface area contributed by atoms with Gasteiger partial charge in [-0.2, -0.15) is 0 Å². The molecule has 117 valence electrons. The van der Waals surface area contributed by atoms with Crippen molar-refractivity contribution in [2.24, 2.45) is 0 Å². The van der Waals surface area contributed by atoms with Gasteiger partial charge in [0.25, 0.3) is 0 Å². The van der Waals surface area contributed by atoms with Crippen LogP contribution in [0.3, 0.4) is 0 Å². The summed E-state index contributed by atoms with van der Waals surface area (Å²) in [4.78, 5) is 2.52. The molecular formula is C19H30NO. The molecule has 1 radical (unpaired) electrons. The molecule has 1 saturated heterocycles. The van der Waals surface area contributed by atoms with E-state index in [2.05, 4.69) is 50.8 Å². The molecule has 0 N–H and O–H groups in total. The van der Waals surface area contributed by atoms with Gasteiger partial charge in [0.15, 0.2) is 0 Å². The fourth-order valence-corrected chi connectivity index (χ4v) is 2.77. The summed E-state index contributed by atoms with van der Waals surface area (Å²) in [6, 6.07) is 7.85. The van der Waals surface area contributed by atoms with Gasteiger partial charge < -0.3 is 4.74 Å². The van der Waals surface area contributed by atoms with Crippen LogP contribution in [0.4, 0.5) is 0 Å². The van der Waals surface area contributed by atoms with Gasteiger partial charge in [-0.1, -0.05) is 34.1 Å². The van der Waals surface area contributed by atoms with Crippen LogP contribution in [0.1, 0.15) is 69.9 Å². The van der Waals surface area contributed by atoms with Gasteiger partial charge in [0.1, 0.15) is 12.4 Å². The first-order valence-electron chi connectivity index (χ1n) is 8.48. The van der Waals surface area contributed by atoms with Crippen LogP contribution in [0.15, 0.2) is 12.1 Å². The Labute approximate surface area is 130 Å². The molecule has 0 aromatic heterocycles. The normalized spacial score (nSPS) is 16.7. The maximum absolute atomic E-state index is 6.03. The lowest BCUT2D eigenvalue weighted by atomic mass is 9.95. The molecule has 0 atom stereocenters. The van der Waals surface area contributed by atoms with Crippen LogP contribution >= 0.6 is 0 Å². The van der Waals surface area contributed by atoms with Crippen molar-refractivity contribution in [1.82, 2.24) is 4.90 Å². The number of nitrogens with zero attached hydrogens (tertiary/aromatic N) is 1. The molecule has 1 aromatic rings. The molecule has 1 aliphatic rings. The van der Waals surface area contributed by atoms with Gasteiger partial charge in [0.05, 0.1) is 0 Å². The van der Waals surface area contributed by atoms with Gasteiger partial charge in [-0.15, -0.1) is 0 Å². The third-order valence-corrected chi connectivity index (χ3v) is 4.25. The Balaban J connectivity index is 1.94. The van der Waals surface area contributed by atoms with Crippen LogP contribution in [-0.4, -0.2) is 31.1 Å². The van der Waals surface area contributed by atoms with Crippen molar-refractivity contribution < 1.29 is 4.74 Å². The molecular weight excluding hydrogens is 258 g/mol. The van der Waals surface area contributed by atoms with E-state index in [-0.39, 0.29) is 0 Å². The van der Waals surface area contributed by atoms with E-state index in [1.807, 2.05) is 0 Å². The van der Waals surface area contributed by atoms with Gasteiger partial charge in [-0.25, -0.2) is 0 Å². The van der Waals surface area contributed by atoms with Crippen LogP contribution in [-0.2, 0) is 0 Å². The minimum atomic E-state index is 0.494. The largest absolute Gasteiger partial charge is 0.492 e. The summed E-state index contributed by atoms with van der Waals surface area (Å²) in [5.74, 6) is 2.00. The molecule has 1 aliphatic heterocycles. The Kier molecular flexibility index (Phi) is 6.10. The summed E-state index contributed by atoms with van der Waals surface area (Å²) >= 11 is 0. The third-order valence-electron chi connectivity index (χ3n) is 4.25. The lowest BCUT2D eigenvalue weighted by Crippen LogP contribution is -2.33. The maximum Gasteiger partial charge on any atom is 0.119 e. The van der Waals surface area contributed by atoms with Crippen molar-refractivity contribution >= 4 is 0 Å². The zero-order valence-electron chi connectivity index (χ0n) is 14.1. The Morgan fingerprint density at radius 1 is 1.00 bits per heavy atom. The molecule has 1 aromatic carbocycles. The Morgan fingerprint density at radius 2 is 1.57 bits per heavy atom. The average molecular weight is 288 g/mol. The number of rotatable bonds is 6. The van der Waals surface area contributed by atoms with Crippen LogP contribution in [0, 0.1) is 6.07 Å². The van der Waals surface area contributed by atoms with Gasteiger partial charge >= 0.3 is 0 Å². The van der Waals surface area contributed by atoms with E-state index in [1.54, 1.807) is 0 Å². The highest BCUT2D eigenvalue weighted by molar-refractivity contribution is 5.36. The molecule has 2 rings (SSSR count). The van der Waals surface area contributed by atoms with Crippen LogP contribution in [0.25, 0.3) is 0 Å². The Morgan fingerprint density at radius 3 is 2.10 bits per heavy atom. The van der Waals surface area contributed by atoms with Gasteiger partial charge in [-0.05, 0) is 67.1 Å². The van der Waals surface area contributed by atoms with Crippen molar-refractivity contribution in [3.05, 3.63) is 29.3 Å². The predicted molar refractivity (Wildman–Crippen MR) is 89.2 cm³/mol. The minimum absolute atomic E-state index is 0.494. The van der Waals surface area contributed by atoms with E-state index >= 15 is 0 Å². The highest BCUT2D eigenvalue weighted by Gasteiger charge is 2.11. The first kappa shape index (κ1) is 16.4. The molecule has 1 fully saturated rings. The van der Waals surface area contributed by atoms with E-state index in [4.69, 9.17) is 4.74 Å². The highest BCUT2D eigenvalue weighted by Crippen LogP contribution is 2.26. The molecule has 0 saturated carbocycles. The first-order chi connectivity index (χ1) is 10.1. The van der Waals surface area contributed by atoms with Crippen LogP contribution in [0.5, 0.6) is 5.75 Å². The molecule has 0 spiro atoms. The van der Waals surface area contributed by atoms with Gasteiger partial charge in [0, 0.05) is 6.54 Å². The second kappa shape index (κ2) is 7.84. The predicted octanol–water partition coefficient (Wildman–Crippen LogP) is 4.60. The van der Waals surface area contributed by atoms with E-state index in [0.29, 0.717) is 11.8 Å². The third kappa shape index (κ3) is 5.03. The van der Waals surface area contributed by atoms with E-state index < -0.39 is 0 Å². The molecule has 2 heteroatoms. The molecule has 0 unspecified atom stereocenters. The van der Waals surface area contributed by atoms with Crippen molar-refractivity contribution in [3.63, 3.8) is 0 Å². The number of hydrogen-bond acceptors (Lipinski definition) is 2. The zero-order chi connectivity index (χ0) is 15.2. The van der Waals surface area contributed by atoms with Gasteiger partial charge in [0.2, 0.25) is 0 Å². The number of likely N-dealkylation sites (tertiary alicyclic amines) is 1. The maximum atomic E-state index is 6.03. The minimum Gasteiger partial charge on any atom is -0.492 e. The molecule has 21 heavy (non-hydrogen) atoms. The van der Waals surface area contributed by atoms with Crippen LogP contribution in [0.2, 0.25) is 0 Å². The van der Waals surface area contributed by atoms with Gasteiger partial charge in [-0.3, -0.25) is 4.90 Å².